The van der Waals surface area contributed by atoms with Crippen molar-refractivity contribution in [1.82, 2.24) is 4.90 Å². The number of fused-ring (bicyclic) bond motifs is 1. The quantitative estimate of drug-likeness (QED) is 0.863. The Balaban J connectivity index is 1.72. The maximum absolute atomic E-state index is 11.8. The minimum absolute atomic E-state index is 0.399. The van der Waals surface area contributed by atoms with Gasteiger partial charge >= 0.3 is 5.97 Å². The molecule has 2 heterocycles. The van der Waals surface area contributed by atoms with Crippen molar-refractivity contribution in [2.24, 2.45) is 11.3 Å². The van der Waals surface area contributed by atoms with Crippen LogP contribution in [0.1, 0.15) is 51.4 Å². The average Bonchev–Trinajstić information content (AvgIpc) is 2.48. The molecule has 0 aromatic heterocycles. The van der Waals surface area contributed by atoms with Crippen molar-refractivity contribution in [3.63, 3.8) is 0 Å². The van der Waals surface area contributed by atoms with Crippen LogP contribution in [0.15, 0.2) is 0 Å². The van der Waals surface area contributed by atoms with Crippen LogP contribution < -0.4 is 0 Å². The minimum Gasteiger partial charge on any atom is -0.481 e. The number of aliphatic carboxylic acids is 1. The highest BCUT2D eigenvalue weighted by molar-refractivity contribution is 5.75. The summed E-state index contributed by atoms with van der Waals surface area (Å²) in [5.74, 6) is 0.156. The molecule has 3 fully saturated rings. The highest BCUT2D eigenvalue weighted by atomic mass is 16.5. The van der Waals surface area contributed by atoms with E-state index in [0.29, 0.717) is 19.2 Å². The number of hydrogen-bond acceptors (Lipinski definition) is 3. The van der Waals surface area contributed by atoms with Gasteiger partial charge in [-0.3, -0.25) is 9.69 Å². The van der Waals surface area contributed by atoms with Crippen molar-refractivity contribution in [3.05, 3.63) is 0 Å². The number of nitrogens with zero attached hydrogens (tertiary/aromatic N) is 1. The van der Waals surface area contributed by atoms with E-state index in [0.717, 1.165) is 31.9 Å². The lowest BCUT2D eigenvalue weighted by Crippen LogP contribution is -2.55. The summed E-state index contributed by atoms with van der Waals surface area (Å²) in [5.41, 5.74) is -0.655. The van der Waals surface area contributed by atoms with E-state index in [1.807, 2.05) is 0 Å². The van der Waals surface area contributed by atoms with Gasteiger partial charge in [-0.05, 0) is 51.0 Å². The Kier molecular flexibility index (Phi) is 4.32. The Morgan fingerprint density at radius 2 is 2.00 bits per heavy atom. The summed E-state index contributed by atoms with van der Waals surface area (Å²) in [5, 5.41) is 9.71. The zero-order valence-corrected chi connectivity index (χ0v) is 12.4. The molecule has 4 nitrogen and oxygen atoms in total. The largest absolute Gasteiger partial charge is 0.481 e. The molecule has 1 aliphatic carbocycles. The van der Waals surface area contributed by atoms with Crippen LogP contribution in [-0.2, 0) is 9.53 Å². The molecule has 0 amide bonds. The number of carboxylic acid groups (broad SMARTS) is 1. The molecule has 1 saturated carbocycles. The highest BCUT2D eigenvalue weighted by Crippen LogP contribution is 2.38. The minimum atomic E-state index is -0.657. The number of ether oxygens (including phenoxy) is 1. The third-order valence-corrected chi connectivity index (χ3v) is 5.64. The maximum Gasteiger partial charge on any atom is 0.313 e. The lowest BCUT2D eigenvalue weighted by atomic mass is 9.75. The van der Waals surface area contributed by atoms with Crippen molar-refractivity contribution in [2.45, 2.75) is 57.4 Å². The second-order valence-corrected chi connectivity index (χ2v) is 6.97. The molecule has 3 unspecified atom stereocenters. The van der Waals surface area contributed by atoms with Crippen molar-refractivity contribution in [3.8, 4) is 0 Å². The van der Waals surface area contributed by atoms with E-state index in [2.05, 4.69) is 4.90 Å². The van der Waals surface area contributed by atoms with Crippen LogP contribution in [0.4, 0.5) is 0 Å². The third kappa shape index (κ3) is 2.73. The number of hydrogen-bond donors (Lipinski definition) is 1. The van der Waals surface area contributed by atoms with Crippen LogP contribution in [0.5, 0.6) is 0 Å². The molecule has 2 saturated heterocycles. The SMILES string of the molecule is O=C(O)C1(CN2CCCC3CCCCC32)CCCOC1. The number of likely N-dealkylation sites (tertiary alicyclic amines) is 1. The fourth-order valence-electron chi connectivity index (χ4n) is 4.53. The van der Waals surface area contributed by atoms with Crippen molar-refractivity contribution < 1.29 is 14.6 Å². The zero-order valence-electron chi connectivity index (χ0n) is 12.4. The van der Waals surface area contributed by atoms with Crippen LogP contribution in [0.3, 0.4) is 0 Å². The molecule has 3 aliphatic rings. The molecule has 20 heavy (non-hydrogen) atoms. The van der Waals surface area contributed by atoms with Gasteiger partial charge in [-0.15, -0.1) is 0 Å². The molecule has 0 spiro atoms. The fourth-order valence-corrected chi connectivity index (χ4v) is 4.53. The van der Waals surface area contributed by atoms with Crippen molar-refractivity contribution >= 4 is 5.97 Å². The third-order valence-electron chi connectivity index (χ3n) is 5.64. The lowest BCUT2D eigenvalue weighted by Gasteiger charge is -2.47. The highest BCUT2D eigenvalue weighted by Gasteiger charge is 2.45. The predicted molar refractivity (Wildman–Crippen MR) is 76.7 cm³/mol. The van der Waals surface area contributed by atoms with E-state index < -0.39 is 11.4 Å². The fraction of sp³-hybridized carbons (Fsp3) is 0.938. The Morgan fingerprint density at radius 3 is 2.75 bits per heavy atom. The molecule has 2 aliphatic heterocycles. The van der Waals surface area contributed by atoms with Crippen molar-refractivity contribution in [1.29, 1.82) is 0 Å². The Hall–Kier alpha value is -0.610. The molecule has 4 heteroatoms. The summed E-state index contributed by atoms with van der Waals surface area (Å²) >= 11 is 0. The first-order chi connectivity index (χ1) is 9.71. The van der Waals surface area contributed by atoms with Gasteiger partial charge in [0.15, 0.2) is 0 Å². The average molecular weight is 281 g/mol. The topological polar surface area (TPSA) is 49.8 Å². The molecule has 114 valence electrons. The second kappa shape index (κ2) is 6.02. The van der Waals surface area contributed by atoms with Gasteiger partial charge in [-0.1, -0.05) is 12.8 Å². The van der Waals surface area contributed by atoms with E-state index in [9.17, 15) is 9.90 Å². The van der Waals surface area contributed by atoms with Gasteiger partial charge in [0.1, 0.15) is 5.41 Å². The summed E-state index contributed by atoms with van der Waals surface area (Å²) in [4.78, 5) is 14.3. The van der Waals surface area contributed by atoms with E-state index in [-0.39, 0.29) is 0 Å². The second-order valence-electron chi connectivity index (χ2n) is 6.97. The van der Waals surface area contributed by atoms with Gasteiger partial charge in [0, 0.05) is 19.2 Å². The number of carboxylic acids is 1. The molecular weight excluding hydrogens is 254 g/mol. The number of piperidine rings is 1. The first-order valence-electron chi connectivity index (χ1n) is 8.26. The normalized spacial score (nSPS) is 39.2. The first-order valence-corrected chi connectivity index (χ1v) is 8.26. The van der Waals surface area contributed by atoms with Gasteiger partial charge in [0.2, 0.25) is 0 Å². The van der Waals surface area contributed by atoms with Crippen LogP contribution >= 0.6 is 0 Å². The molecule has 3 rings (SSSR count). The monoisotopic (exact) mass is 281 g/mol. The van der Waals surface area contributed by atoms with Gasteiger partial charge < -0.3 is 9.84 Å². The molecule has 0 bridgehead atoms. The Bertz CT molecular complexity index is 350. The van der Waals surface area contributed by atoms with Crippen LogP contribution in [-0.4, -0.2) is 48.3 Å². The first kappa shape index (κ1) is 14.3. The summed E-state index contributed by atoms with van der Waals surface area (Å²) in [6.45, 7) is 2.90. The van der Waals surface area contributed by atoms with Gasteiger partial charge in [-0.2, -0.15) is 0 Å². The Morgan fingerprint density at radius 1 is 1.20 bits per heavy atom. The number of rotatable bonds is 3. The lowest BCUT2D eigenvalue weighted by molar-refractivity contribution is -0.161. The van der Waals surface area contributed by atoms with Gasteiger partial charge in [-0.25, -0.2) is 0 Å². The molecular formula is C16H27NO3. The zero-order chi connectivity index (χ0) is 14.0. The van der Waals surface area contributed by atoms with Crippen LogP contribution in [0, 0.1) is 11.3 Å². The molecule has 1 N–H and O–H groups in total. The van der Waals surface area contributed by atoms with Crippen LogP contribution in [0.2, 0.25) is 0 Å². The van der Waals surface area contributed by atoms with Gasteiger partial charge in [0.25, 0.3) is 0 Å². The molecule has 0 aromatic rings. The van der Waals surface area contributed by atoms with E-state index in [1.54, 1.807) is 0 Å². The molecule has 0 aromatic carbocycles. The van der Waals surface area contributed by atoms with E-state index in [4.69, 9.17) is 4.74 Å². The summed E-state index contributed by atoms with van der Waals surface area (Å²) in [7, 11) is 0. The standard InChI is InChI=1S/C16H27NO3/c18-15(19)16(8-4-10-20-12-16)11-17-9-3-6-13-5-1-2-7-14(13)17/h13-14H,1-12H2,(H,18,19). The maximum atomic E-state index is 11.8. The van der Waals surface area contributed by atoms with E-state index in [1.165, 1.54) is 38.5 Å². The van der Waals surface area contributed by atoms with Crippen LogP contribution in [0.25, 0.3) is 0 Å². The van der Waals surface area contributed by atoms with Crippen molar-refractivity contribution in [2.75, 3.05) is 26.3 Å². The van der Waals surface area contributed by atoms with Gasteiger partial charge in [0.05, 0.1) is 6.61 Å². The predicted octanol–water partition coefficient (Wildman–Crippen LogP) is 2.52. The van der Waals surface area contributed by atoms with E-state index >= 15 is 0 Å². The smallest absolute Gasteiger partial charge is 0.313 e. The summed E-state index contributed by atoms with van der Waals surface area (Å²) < 4.78 is 5.52. The summed E-state index contributed by atoms with van der Waals surface area (Å²) in [6, 6.07) is 0.635. The number of carbonyl (C=O) groups is 1. The molecule has 0 radical (unpaired) electrons. The molecule has 3 atom stereocenters. The summed E-state index contributed by atoms with van der Waals surface area (Å²) in [6.07, 6.45) is 9.52. The Labute approximate surface area is 121 Å².